The molecule has 0 bridgehead atoms. The molecule has 0 unspecified atom stereocenters. The monoisotopic (exact) mass is 310 g/mol. The van der Waals surface area contributed by atoms with Crippen LogP contribution in [-0.2, 0) is 17.8 Å². The minimum Gasteiger partial charge on any atom is -0.444 e. The summed E-state index contributed by atoms with van der Waals surface area (Å²) in [6, 6.07) is 0. The average Bonchev–Trinajstić information content (AvgIpc) is 2.99. The number of aromatic nitrogens is 4. The number of carbonyl (C=O) groups excluding carboxylic acids is 1. The van der Waals surface area contributed by atoms with Gasteiger partial charge in [-0.1, -0.05) is 4.49 Å². The summed E-state index contributed by atoms with van der Waals surface area (Å²) in [6.07, 6.45) is 1.13. The van der Waals surface area contributed by atoms with Crippen molar-refractivity contribution in [1.29, 1.82) is 0 Å². The van der Waals surface area contributed by atoms with E-state index in [2.05, 4.69) is 30.4 Å². The SMILES string of the molecule is CC(C)(C)OC(=O)Nc1[nH]ncc1CNCc1csnn1. The molecule has 0 saturated heterocycles. The van der Waals surface area contributed by atoms with Crippen molar-refractivity contribution in [3.63, 3.8) is 0 Å². The molecule has 114 valence electrons. The highest BCUT2D eigenvalue weighted by Crippen LogP contribution is 2.13. The van der Waals surface area contributed by atoms with Crippen LogP contribution in [0.25, 0.3) is 0 Å². The summed E-state index contributed by atoms with van der Waals surface area (Å²) in [4.78, 5) is 11.7. The molecule has 0 aliphatic rings. The van der Waals surface area contributed by atoms with Crippen LogP contribution in [0.2, 0.25) is 0 Å². The maximum atomic E-state index is 11.7. The van der Waals surface area contributed by atoms with Crippen molar-refractivity contribution in [3.8, 4) is 0 Å². The van der Waals surface area contributed by atoms with E-state index in [4.69, 9.17) is 4.74 Å². The number of aromatic amines is 1. The molecule has 1 amide bonds. The molecule has 0 radical (unpaired) electrons. The Morgan fingerprint density at radius 2 is 2.24 bits per heavy atom. The molecule has 2 aromatic heterocycles. The molecular weight excluding hydrogens is 292 g/mol. The number of hydrogen-bond donors (Lipinski definition) is 3. The summed E-state index contributed by atoms with van der Waals surface area (Å²) in [5.41, 5.74) is 1.18. The van der Waals surface area contributed by atoms with Crippen molar-refractivity contribution in [1.82, 2.24) is 25.1 Å². The number of hydrogen-bond acceptors (Lipinski definition) is 7. The summed E-state index contributed by atoms with van der Waals surface area (Å²) >= 11 is 1.31. The summed E-state index contributed by atoms with van der Waals surface area (Å²) in [7, 11) is 0. The highest BCUT2D eigenvalue weighted by molar-refractivity contribution is 7.03. The molecule has 2 rings (SSSR count). The third kappa shape index (κ3) is 5.12. The number of amides is 1. The van der Waals surface area contributed by atoms with Gasteiger partial charge in [0.05, 0.1) is 11.9 Å². The van der Waals surface area contributed by atoms with Crippen LogP contribution in [0.15, 0.2) is 11.6 Å². The molecule has 21 heavy (non-hydrogen) atoms. The van der Waals surface area contributed by atoms with Crippen molar-refractivity contribution < 1.29 is 9.53 Å². The van der Waals surface area contributed by atoms with Crippen LogP contribution in [0.1, 0.15) is 32.0 Å². The van der Waals surface area contributed by atoms with Crippen molar-refractivity contribution in [2.45, 2.75) is 39.5 Å². The van der Waals surface area contributed by atoms with Crippen molar-refractivity contribution in [2.24, 2.45) is 0 Å². The zero-order valence-electron chi connectivity index (χ0n) is 12.1. The van der Waals surface area contributed by atoms with Gasteiger partial charge in [-0.25, -0.2) is 4.79 Å². The molecule has 8 nitrogen and oxygen atoms in total. The van der Waals surface area contributed by atoms with Crippen molar-refractivity contribution in [2.75, 3.05) is 5.32 Å². The van der Waals surface area contributed by atoms with Crippen LogP contribution in [0.3, 0.4) is 0 Å². The Labute approximate surface area is 126 Å². The van der Waals surface area contributed by atoms with Gasteiger partial charge in [-0.2, -0.15) is 5.10 Å². The van der Waals surface area contributed by atoms with E-state index in [1.54, 1.807) is 6.20 Å². The number of rotatable bonds is 5. The van der Waals surface area contributed by atoms with Gasteiger partial charge in [0.1, 0.15) is 11.4 Å². The minimum absolute atomic E-state index is 0.517. The average molecular weight is 310 g/mol. The Hall–Kier alpha value is -2.00. The van der Waals surface area contributed by atoms with E-state index < -0.39 is 11.7 Å². The Kier molecular flexibility index (Phi) is 4.86. The molecular formula is C12H18N6O2S. The lowest BCUT2D eigenvalue weighted by Gasteiger charge is -2.19. The number of H-pyrrole nitrogens is 1. The molecule has 3 N–H and O–H groups in total. The Morgan fingerprint density at radius 3 is 2.90 bits per heavy atom. The normalized spacial score (nSPS) is 11.4. The molecule has 0 aromatic carbocycles. The van der Waals surface area contributed by atoms with Gasteiger partial charge in [0.25, 0.3) is 0 Å². The molecule has 0 spiro atoms. The van der Waals surface area contributed by atoms with Gasteiger partial charge >= 0.3 is 6.09 Å². The van der Waals surface area contributed by atoms with Crippen LogP contribution >= 0.6 is 11.5 Å². The van der Waals surface area contributed by atoms with Crippen LogP contribution in [0.4, 0.5) is 10.6 Å². The summed E-state index contributed by atoms with van der Waals surface area (Å²) in [6.45, 7) is 6.57. The van der Waals surface area contributed by atoms with E-state index in [9.17, 15) is 4.79 Å². The van der Waals surface area contributed by atoms with Crippen LogP contribution in [0, 0.1) is 0 Å². The summed E-state index contributed by atoms with van der Waals surface area (Å²) < 4.78 is 8.98. The van der Waals surface area contributed by atoms with Gasteiger partial charge in [-0.3, -0.25) is 10.4 Å². The second-order valence-electron chi connectivity index (χ2n) is 5.40. The van der Waals surface area contributed by atoms with Gasteiger partial charge in [0.2, 0.25) is 0 Å². The molecule has 0 saturated carbocycles. The molecule has 9 heteroatoms. The highest BCUT2D eigenvalue weighted by atomic mass is 32.1. The fraction of sp³-hybridized carbons (Fsp3) is 0.500. The Morgan fingerprint density at radius 1 is 1.43 bits per heavy atom. The van der Waals surface area contributed by atoms with Crippen LogP contribution < -0.4 is 10.6 Å². The highest BCUT2D eigenvalue weighted by Gasteiger charge is 2.17. The topological polar surface area (TPSA) is 105 Å². The maximum absolute atomic E-state index is 11.7. The maximum Gasteiger partial charge on any atom is 0.413 e. The molecule has 0 atom stereocenters. The number of ether oxygens (including phenoxy) is 1. The predicted molar refractivity (Wildman–Crippen MR) is 78.9 cm³/mol. The summed E-state index contributed by atoms with van der Waals surface area (Å²) in [5, 5.41) is 18.3. The van der Waals surface area contributed by atoms with Crippen molar-refractivity contribution in [3.05, 3.63) is 22.8 Å². The van der Waals surface area contributed by atoms with E-state index in [0.29, 0.717) is 18.9 Å². The number of carbonyl (C=O) groups is 1. The number of anilines is 1. The van der Waals surface area contributed by atoms with Crippen LogP contribution in [-0.4, -0.2) is 31.5 Å². The van der Waals surface area contributed by atoms with E-state index in [0.717, 1.165) is 11.3 Å². The lowest BCUT2D eigenvalue weighted by molar-refractivity contribution is 0.0635. The zero-order chi connectivity index (χ0) is 15.3. The first-order valence-corrected chi connectivity index (χ1v) is 7.26. The van der Waals surface area contributed by atoms with E-state index in [1.165, 1.54) is 11.5 Å². The first kappa shape index (κ1) is 15.4. The first-order chi connectivity index (χ1) is 9.94. The quantitative estimate of drug-likeness (QED) is 0.779. The molecule has 0 aliphatic heterocycles. The van der Waals surface area contributed by atoms with E-state index >= 15 is 0 Å². The number of nitrogens with zero attached hydrogens (tertiary/aromatic N) is 3. The fourth-order valence-electron chi connectivity index (χ4n) is 1.55. The second-order valence-corrected chi connectivity index (χ2v) is 6.01. The summed E-state index contributed by atoms with van der Waals surface area (Å²) in [5.74, 6) is 0.521. The largest absolute Gasteiger partial charge is 0.444 e. The smallest absolute Gasteiger partial charge is 0.413 e. The van der Waals surface area contributed by atoms with Crippen molar-refractivity contribution >= 4 is 23.4 Å². The molecule has 2 aromatic rings. The lowest BCUT2D eigenvalue weighted by Crippen LogP contribution is -2.27. The minimum atomic E-state index is -0.542. The second kappa shape index (κ2) is 6.64. The molecule has 2 heterocycles. The van der Waals surface area contributed by atoms with Gasteiger partial charge in [-0.15, -0.1) is 5.10 Å². The first-order valence-electron chi connectivity index (χ1n) is 6.43. The van der Waals surface area contributed by atoms with Gasteiger partial charge in [0.15, 0.2) is 0 Å². The Balaban J connectivity index is 1.85. The standard InChI is InChI=1S/C12H18N6O2S/c1-12(2,3)20-11(19)15-10-8(5-14-17-10)4-13-6-9-7-21-18-16-9/h5,7,13H,4,6H2,1-3H3,(H2,14,15,17,19). The molecule has 0 aliphatic carbocycles. The Bertz CT molecular complexity index is 575. The predicted octanol–water partition coefficient (Wildman–Crippen LogP) is 1.90. The molecule has 0 fully saturated rings. The van der Waals surface area contributed by atoms with Gasteiger partial charge in [-0.05, 0) is 32.3 Å². The van der Waals surface area contributed by atoms with Crippen LogP contribution in [0.5, 0.6) is 0 Å². The fourth-order valence-corrected chi connectivity index (χ4v) is 2.00. The van der Waals surface area contributed by atoms with Gasteiger partial charge in [0, 0.05) is 24.0 Å². The third-order valence-corrected chi connectivity index (χ3v) is 2.92. The lowest BCUT2D eigenvalue weighted by atomic mass is 10.2. The van der Waals surface area contributed by atoms with Gasteiger partial charge < -0.3 is 10.1 Å². The van der Waals surface area contributed by atoms with E-state index in [1.807, 2.05) is 26.2 Å². The zero-order valence-corrected chi connectivity index (χ0v) is 13.0. The van der Waals surface area contributed by atoms with E-state index in [-0.39, 0.29) is 0 Å². The third-order valence-electron chi connectivity index (χ3n) is 2.37. The number of nitrogens with one attached hydrogen (secondary N) is 3.